The molecule has 1 rings (SSSR count). The topological polar surface area (TPSA) is 64.6 Å². The van der Waals surface area contributed by atoms with Gasteiger partial charge in [-0.1, -0.05) is 26.0 Å². The van der Waals surface area contributed by atoms with Crippen molar-refractivity contribution in [3.8, 4) is 5.75 Å². The number of carbonyl (C=O) groups is 2. The molecule has 0 fully saturated rings. The van der Waals surface area contributed by atoms with Crippen molar-refractivity contribution in [2.45, 2.75) is 20.3 Å². The predicted octanol–water partition coefficient (Wildman–Crippen LogP) is 2.06. The average molecular weight is 293 g/mol. The number of nitrogens with one attached hydrogen (secondary N) is 1. The van der Waals surface area contributed by atoms with Crippen LogP contribution in [0.25, 0.3) is 0 Å². The lowest BCUT2D eigenvalue weighted by molar-refractivity contribution is -0.123. The Morgan fingerprint density at radius 1 is 1.33 bits per heavy atom. The Morgan fingerprint density at radius 3 is 2.81 bits per heavy atom. The number of rotatable bonds is 10. The van der Waals surface area contributed by atoms with Crippen LogP contribution in [-0.2, 0) is 9.53 Å². The van der Waals surface area contributed by atoms with E-state index >= 15 is 0 Å². The molecule has 0 saturated heterocycles. The van der Waals surface area contributed by atoms with Gasteiger partial charge in [0.05, 0.1) is 5.56 Å². The second-order valence-electron chi connectivity index (χ2n) is 5.12. The van der Waals surface area contributed by atoms with E-state index in [9.17, 15) is 9.59 Å². The fourth-order valence-corrected chi connectivity index (χ4v) is 1.62. The number of benzene rings is 1. The first-order valence-electron chi connectivity index (χ1n) is 7.15. The molecule has 0 saturated carbocycles. The van der Waals surface area contributed by atoms with Gasteiger partial charge < -0.3 is 14.8 Å². The molecule has 0 spiro atoms. The Hall–Kier alpha value is -1.88. The van der Waals surface area contributed by atoms with E-state index in [0.29, 0.717) is 36.7 Å². The smallest absolute Gasteiger partial charge is 0.257 e. The van der Waals surface area contributed by atoms with E-state index in [1.165, 1.54) is 0 Å². The van der Waals surface area contributed by atoms with E-state index in [-0.39, 0.29) is 12.5 Å². The van der Waals surface area contributed by atoms with Gasteiger partial charge in [-0.15, -0.1) is 0 Å². The van der Waals surface area contributed by atoms with E-state index in [0.717, 1.165) is 13.0 Å². The van der Waals surface area contributed by atoms with Gasteiger partial charge in [0.25, 0.3) is 5.91 Å². The zero-order valence-corrected chi connectivity index (χ0v) is 12.6. The number of para-hydroxylation sites is 1. The predicted molar refractivity (Wildman–Crippen MR) is 80.6 cm³/mol. The Kier molecular flexibility index (Phi) is 8.12. The van der Waals surface area contributed by atoms with E-state index in [1.807, 2.05) is 0 Å². The van der Waals surface area contributed by atoms with Crippen molar-refractivity contribution in [2.24, 2.45) is 5.92 Å². The van der Waals surface area contributed by atoms with Gasteiger partial charge >= 0.3 is 0 Å². The van der Waals surface area contributed by atoms with Crippen molar-refractivity contribution < 1.29 is 19.1 Å². The molecular formula is C16H23NO4. The van der Waals surface area contributed by atoms with Crippen molar-refractivity contribution in [3.63, 3.8) is 0 Å². The summed E-state index contributed by atoms with van der Waals surface area (Å²) in [5, 5.41) is 2.75. The summed E-state index contributed by atoms with van der Waals surface area (Å²) < 4.78 is 10.7. The molecule has 5 heteroatoms. The molecule has 116 valence electrons. The van der Waals surface area contributed by atoms with Crippen molar-refractivity contribution >= 4 is 12.2 Å². The molecule has 0 aliphatic rings. The van der Waals surface area contributed by atoms with Gasteiger partial charge in [0.15, 0.2) is 12.9 Å². The molecule has 1 N–H and O–H groups in total. The molecule has 0 heterocycles. The summed E-state index contributed by atoms with van der Waals surface area (Å²) in [6.45, 7) is 6.01. The Bertz CT molecular complexity index is 446. The van der Waals surface area contributed by atoms with Gasteiger partial charge in [-0.3, -0.25) is 9.59 Å². The molecule has 5 nitrogen and oxygen atoms in total. The number of ether oxygens (including phenoxy) is 2. The molecule has 0 radical (unpaired) electrons. The molecule has 0 aliphatic carbocycles. The van der Waals surface area contributed by atoms with Gasteiger partial charge in [0.1, 0.15) is 5.75 Å². The van der Waals surface area contributed by atoms with E-state index in [4.69, 9.17) is 9.47 Å². The third-order valence-corrected chi connectivity index (χ3v) is 2.64. The first-order valence-corrected chi connectivity index (χ1v) is 7.15. The highest BCUT2D eigenvalue weighted by Crippen LogP contribution is 2.15. The molecule has 1 aromatic carbocycles. The monoisotopic (exact) mass is 293 g/mol. The Morgan fingerprint density at radius 2 is 2.10 bits per heavy atom. The second-order valence-corrected chi connectivity index (χ2v) is 5.12. The number of hydrogen-bond acceptors (Lipinski definition) is 4. The van der Waals surface area contributed by atoms with Crippen molar-refractivity contribution in [2.75, 3.05) is 26.4 Å². The lowest BCUT2D eigenvalue weighted by Gasteiger charge is -2.09. The highest BCUT2D eigenvalue weighted by atomic mass is 16.5. The fraction of sp³-hybridized carbons (Fsp3) is 0.500. The van der Waals surface area contributed by atoms with Gasteiger partial charge in [0, 0.05) is 19.8 Å². The molecule has 0 bridgehead atoms. The SMILES string of the molecule is CC(C)COCCCNC(=O)COc1ccccc1C=O. The normalized spacial score (nSPS) is 10.4. The minimum atomic E-state index is -0.209. The van der Waals surface area contributed by atoms with E-state index < -0.39 is 0 Å². The summed E-state index contributed by atoms with van der Waals surface area (Å²) in [7, 11) is 0. The second kappa shape index (κ2) is 9.94. The molecular weight excluding hydrogens is 270 g/mol. The van der Waals surface area contributed by atoms with Crippen LogP contribution in [0.3, 0.4) is 0 Å². The standard InChI is InChI=1S/C16H23NO4/c1-13(2)11-20-9-5-8-17-16(19)12-21-15-7-4-3-6-14(15)10-18/h3-4,6-7,10,13H,5,8-9,11-12H2,1-2H3,(H,17,19). The maximum atomic E-state index is 11.6. The van der Waals surface area contributed by atoms with Crippen LogP contribution in [-0.4, -0.2) is 38.6 Å². The quantitative estimate of drug-likeness (QED) is 0.530. The summed E-state index contributed by atoms with van der Waals surface area (Å²) in [5.41, 5.74) is 0.437. The lowest BCUT2D eigenvalue weighted by Crippen LogP contribution is -2.30. The number of amides is 1. The van der Waals surface area contributed by atoms with Gasteiger partial charge in [-0.25, -0.2) is 0 Å². The van der Waals surface area contributed by atoms with Gasteiger partial charge in [-0.2, -0.15) is 0 Å². The molecule has 0 aromatic heterocycles. The summed E-state index contributed by atoms with van der Waals surface area (Å²) >= 11 is 0. The van der Waals surface area contributed by atoms with Crippen molar-refractivity contribution in [3.05, 3.63) is 29.8 Å². The van der Waals surface area contributed by atoms with Crippen LogP contribution < -0.4 is 10.1 Å². The molecule has 1 amide bonds. The minimum Gasteiger partial charge on any atom is -0.483 e. The number of carbonyl (C=O) groups excluding carboxylic acids is 2. The highest BCUT2D eigenvalue weighted by molar-refractivity contribution is 5.80. The molecule has 0 unspecified atom stereocenters. The van der Waals surface area contributed by atoms with Crippen LogP contribution in [0.15, 0.2) is 24.3 Å². The van der Waals surface area contributed by atoms with Gasteiger partial charge in [-0.05, 0) is 24.5 Å². The fourth-order valence-electron chi connectivity index (χ4n) is 1.62. The largest absolute Gasteiger partial charge is 0.483 e. The summed E-state index contributed by atoms with van der Waals surface area (Å²) in [4.78, 5) is 22.4. The van der Waals surface area contributed by atoms with Crippen LogP contribution in [0, 0.1) is 5.92 Å². The zero-order valence-electron chi connectivity index (χ0n) is 12.6. The summed E-state index contributed by atoms with van der Waals surface area (Å²) in [6.07, 6.45) is 1.47. The van der Waals surface area contributed by atoms with Crippen LogP contribution in [0.2, 0.25) is 0 Å². The summed E-state index contributed by atoms with van der Waals surface area (Å²) in [5.74, 6) is 0.730. The zero-order chi connectivity index (χ0) is 15.5. The minimum absolute atomic E-state index is 0.0995. The average Bonchev–Trinajstić information content (AvgIpc) is 2.48. The molecule has 21 heavy (non-hydrogen) atoms. The van der Waals surface area contributed by atoms with Crippen molar-refractivity contribution in [1.29, 1.82) is 0 Å². The Labute approximate surface area is 125 Å². The maximum Gasteiger partial charge on any atom is 0.257 e. The van der Waals surface area contributed by atoms with Crippen LogP contribution in [0.1, 0.15) is 30.6 Å². The Balaban J connectivity index is 2.15. The first-order chi connectivity index (χ1) is 10.1. The van der Waals surface area contributed by atoms with E-state index in [2.05, 4.69) is 19.2 Å². The maximum absolute atomic E-state index is 11.6. The third kappa shape index (κ3) is 7.46. The first kappa shape index (κ1) is 17.2. The lowest BCUT2D eigenvalue weighted by atomic mass is 10.2. The number of aldehydes is 1. The number of hydrogen-bond donors (Lipinski definition) is 1. The van der Waals surface area contributed by atoms with Crippen molar-refractivity contribution in [1.82, 2.24) is 5.32 Å². The molecule has 0 aliphatic heterocycles. The van der Waals surface area contributed by atoms with Crippen LogP contribution in [0.4, 0.5) is 0 Å². The molecule has 1 aromatic rings. The van der Waals surface area contributed by atoms with E-state index in [1.54, 1.807) is 24.3 Å². The third-order valence-electron chi connectivity index (χ3n) is 2.64. The van der Waals surface area contributed by atoms with Crippen LogP contribution in [0.5, 0.6) is 5.75 Å². The highest BCUT2D eigenvalue weighted by Gasteiger charge is 2.05. The van der Waals surface area contributed by atoms with Crippen LogP contribution >= 0.6 is 0 Å². The summed E-state index contributed by atoms with van der Waals surface area (Å²) in [6, 6.07) is 6.81. The molecule has 0 atom stereocenters. The van der Waals surface area contributed by atoms with Gasteiger partial charge in [0.2, 0.25) is 0 Å².